The molecule has 5 nitrogen and oxygen atoms in total. The SMILES string of the molecule is O=C(O)N1[C@H]2CC[C@@H]1[C@H](CO)NC2. The number of nitrogens with one attached hydrogen (secondary N) is 1. The van der Waals surface area contributed by atoms with Gasteiger partial charge in [0.1, 0.15) is 0 Å². The zero-order chi connectivity index (χ0) is 9.42. The van der Waals surface area contributed by atoms with Crippen LogP contribution in [0.4, 0.5) is 4.79 Å². The highest BCUT2D eigenvalue weighted by molar-refractivity contribution is 5.66. The van der Waals surface area contributed by atoms with Gasteiger partial charge in [-0.1, -0.05) is 0 Å². The van der Waals surface area contributed by atoms with Crippen LogP contribution in [0.1, 0.15) is 12.8 Å². The van der Waals surface area contributed by atoms with Gasteiger partial charge in [0.15, 0.2) is 0 Å². The van der Waals surface area contributed by atoms with Crippen molar-refractivity contribution in [3.63, 3.8) is 0 Å². The quantitative estimate of drug-likeness (QED) is 0.514. The Kier molecular flexibility index (Phi) is 2.13. The van der Waals surface area contributed by atoms with E-state index in [-0.39, 0.29) is 24.7 Å². The topological polar surface area (TPSA) is 72.8 Å². The summed E-state index contributed by atoms with van der Waals surface area (Å²) in [4.78, 5) is 12.4. The number of carboxylic acid groups (broad SMARTS) is 1. The first-order valence-corrected chi connectivity index (χ1v) is 4.59. The van der Waals surface area contributed by atoms with E-state index in [1.807, 2.05) is 0 Å². The van der Waals surface area contributed by atoms with E-state index in [0.717, 1.165) is 12.8 Å². The van der Waals surface area contributed by atoms with Crippen LogP contribution in [0.2, 0.25) is 0 Å². The summed E-state index contributed by atoms with van der Waals surface area (Å²) in [6, 6.07) is 0.0152. The van der Waals surface area contributed by atoms with Crippen LogP contribution >= 0.6 is 0 Å². The van der Waals surface area contributed by atoms with Gasteiger partial charge >= 0.3 is 6.09 Å². The van der Waals surface area contributed by atoms with Gasteiger partial charge in [0, 0.05) is 12.6 Å². The first-order chi connectivity index (χ1) is 6.24. The van der Waals surface area contributed by atoms with Crippen molar-refractivity contribution in [2.45, 2.75) is 31.0 Å². The maximum Gasteiger partial charge on any atom is 0.407 e. The van der Waals surface area contributed by atoms with Crippen molar-refractivity contribution < 1.29 is 15.0 Å². The Morgan fingerprint density at radius 1 is 1.54 bits per heavy atom. The number of aliphatic hydroxyl groups is 1. The summed E-state index contributed by atoms with van der Waals surface area (Å²) in [5, 5.41) is 21.1. The minimum Gasteiger partial charge on any atom is -0.465 e. The van der Waals surface area contributed by atoms with Gasteiger partial charge in [-0.2, -0.15) is 0 Å². The monoisotopic (exact) mass is 186 g/mol. The third-order valence-corrected chi connectivity index (χ3v) is 3.04. The second-order valence-corrected chi connectivity index (χ2v) is 3.69. The summed E-state index contributed by atoms with van der Waals surface area (Å²) in [5.74, 6) is 0. The standard InChI is InChI=1S/C8H14N2O3/c11-4-6-7-2-1-5(3-9-6)10(7)8(12)13/h5-7,9,11H,1-4H2,(H,12,13)/t5-,6-,7+/m0/s1. The molecule has 2 heterocycles. The van der Waals surface area contributed by atoms with Crippen molar-refractivity contribution in [1.82, 2.24) is 10.2 Å². The molecule has 2 bridgehead atoms. The number of aliphatic hydroxyl groups excluding tert-OH is 1. The van der Waals surface area contributed by atoms with Crippen molar-refractivity contribution in [2.24, 2.45) is 0 Å². The van der Waals surface area contributed by atoms with Gasteiger partial charge in [0.25, 0.3) is 0 Å². The van der Waals surface area contributed by atoms with Gasteiger partial charge in [-0.15, -0.1) is 0 Å². The number of hydrogen-bond donors (Lipinski definition) is 3. The lowest BCUT2D eigenvalue weighted by molar-refractivity contribution is 0.0749. The summed E-state index contributed by atoms with van der Waals surface area (Å²) in [6.07, 6.45) is 0.933. The van der Waals surface area contributed by atoms with Crippen molar-refractivity contribution in [3.8, 4) is 0 Å². The molecule has 0 aromatic rings. The van der Waals surface area contributed by atoms with Crippen LogP contribution in [0.5, 0.6) is 0 Å². The molecular weight excluding hydrogens is 172 g/mol. The normalized spacial score (nSPS) is 37.9. The van der Waals surface area contributed by atoms with Crippen molar-refractivity contribution in [2.75, 3.05) is 13.2 Å². The fourth-order valence-electron chi connectivity index (χ4n) is 2.42. The highest BCUT2D eigenvalue weighted by Gasteiger charge is 2.44. The van der Waals surface area contributed by atoms with Gasteiger partial charge in [0.2, 0.25) is 0 Å². The molecule has 2 aliphatic rings. The number of amides is 1. The van der Waals surface area contributed by atoms with Crippen molar-refractivity contribution in [1.29, 1.82) is 0 Å². The second-order valence-electron chi connectivity index (χ2n) is 3.69. The van der Waals surface area contributed by atoms with Gasteiger partial charge in [-0.3, -0.25) is 4.90 Å². The smallest absolute Gasteiger partial charge is 0.407 e. The van der Waals surface area contributed by atoms with E-state index in [2.05, 4.69) is 5.32 Å². The molecule has 5 heteroatoms. The Labute approximate surface area is 76.3 Å². The van der Waals surface area contributed by atoms with E-state index < -0.39 is 6.09 Å². The molecular formula is C8H14N2O3. The predicted molar refractivity (Wildman–Crippen MR) is 45.6 cm³/mol. The summed E-state index contributed by atoms with van der Waals surface area (Å²) in [5.41, 5.74) is 0. The molecule has 2 rings (SSSR count). The maximum absolute atomic E-state index is 10.9. The van der Waals surface area contributed by atoms with Crippen LogP contribution in [0.15, 0.2) is 0 Å². The molecule has 0 aromatic carbocycles. The summed E-state index contributed by atoms with van der Waals surface area (Å²) in [7, 11) is 0. The van der Waals surface area contributed by atoms with E-state index >= 15 is 0 Å². The van der Waals surface area contributed by atoms with Crippen LogP contribution < -0.4 is 5.32 Å². The minimum atomic E-state index is -0.854. The van der Waals surface area contributed by atoms with E-state index in [9.17, 15) is 4.79 Å². The molecule has 2 saturated heterocycles. The fourth-order valence-corrected chi connectivity index (χ4v) is 2.42. The Bertz CT molecular complexity index is 221. The molecule has 74 valence electrons. The van der Waals surface area contributed by atoms with Gasteiger partial charge < -0.3 is 15.5 Å². The largest absolute Gasteiger partial charge is 0.465 e. The molecule has 0 aliphatic carbocycles. The Morgan fingerprint density at radius 3 is 2.92 bits per heavy atom. The zero-order valence-electron chi connectivity index (χ0n) is 7.31. The van der Waals surface area contributed by atoms with Crippen molar-refractivity contribution in [3.05, 3.63) is 0 Å². The third kappa shape index (κ3) is 1.28. The first-order valence-electron chi connectivity index (χ1n) is 4.59. The molecule has 3 atom stereocenters. The Balaban J connectivity index is 2.15. The van der Waals surface area contributed by atoms with Crippen LogP contribution in [0.25, 0.3) is 0 Å². The van der Waals surface area contributed by atoms with E-state index in [4.69, 9.17) is 10.2 Å². The summed E-state index contributed by atoms with van der Waals surface area (Å²) >= 11 is 0. The number of nitrogens with zero attached hydrogens (tertiary/aromatic N) is 1. The number of rotatable bonds is 1. The van der Waals surface area contributed by atoms with Gasteiger partial charge in [-0.05, 0) is 12.8 Å². The molecule has 0 radical (unpaired) electrons. The number of hydrogen-bond acceptors (Lipinski definition) is 3. The van der Waals surface area contributed by atoms with E-state index in [0.29, 0.717) is 6.54 Å². The number of carbonyl (C=O) groups is 1. The lowest BCUT2D eigenvalue weighted by Gasteiger charge is -2.38. The molecule has 0 unspecified atom stereocenters. The molecule has 0 saturated carbocycles. The third-order valence-electron chi connectivity index (χ3n) is 3.04. The molecule has 13 heavy (non-hydrogen) atoms. The molecule has 0 aromatic heterocycles. The molecule has 1 amide bonds. The van der Waals surface area contributed by atoms with Crippen LogP contribution in [-0.4, -0.2) is 52.5 Å². The average Bonchev–Trinajstić information content (AvgIpc) is 2.42. The highest BCUT2D eigenvalue weighted by Crippen LogP contribution is 2.29. The first kappa shape index (κ1) is 8.77. The zero-order valence-corrected chi connectivity index (χ0v) is 7.31. The second kappa shape index (κ2) is 3.16. The Morgan fingerprint density at radius 2 is 2.31 bits per heavy atom. The molecule has 0 spiro atoms. The highest BCUT2D eigenvalue weighted by atomic mass is 16.4. The van der Waals surface area contributed by atoms with Crippen LogP contribution in [-0.2, 0) is 0 Å². The van der Waals surface area contributed by atoms with Crippen LogP contribution in [0.3, 0.4) is 0 Å². The average molecular weight is 186 g/mol. The summed E-state index contributed by atoms with van der Waals surface area (Å²) in [6.45, 7) is 0.690. The molecule has 2 fully saturated rings. The molecule has 2 aliphatic heterocycles. The number of piperazine rings is 1. The molecule has 3 N–H and O–H groups in total. The van der Waals surface area contributed by atoms with Gasteiger partial charge in [0.05, 0.1) is 18.7 Å². The summed E-state index contributed by atoms with van der Waals surface area (Å²) < 4.78 is 0. The minimum absolute atomic E-state index is 0.0150. The van der Waals surface area contributed by atoms with Gasteiger partial charge in [-0.25, -0.2) is 4.79 Å². The number of fused-ring (bicyclic) bond motifs is 2. The fraction of sp³-hybridized carbons (Fsp3) is 0.875. The van der Waals surface area contributed by atoms with E-state index in [1.165, 1.54) is 4.90 Å². The lowest BCUT2D eigenvalue weighted by Crippen LogP contribution is -2.60. The van der Waals surface area contributed by atoms with Crippen LogP contribution in [0, 0.1) is 0 Å². The maximum atomic E-state index is 10.9. The Hall–Kier alpha value is -0.810. The predicted octanol–water partition coefficient (Wildman–Crippen LogP) is -0.539. The van der Waals surface area contributed by atoms with E-state index in [1.54, 1.807) is 0 Å². The van der Waals surface area contributed by atoms with Crippen molar-refractivity contribution >= 4 is 6.09 Å². The lowest BCUT2D eigenvalue weighted by atomic mass is 10.1.